The topological polar surface area (TPSA) is 33.2 Å². The molecule has 1 aromatic heterocycles. The van der Waals surface area contributed by atoms with Crippen LogP contribution in [0, 0.1) is 4.77 Å². The van der Waals surface area contributed by atoms with Gasteiger partial charge < -0.3 is 14.3 Å². The van der Waals surface area contributed by atoms with Gasteiger partial charge in [-0.25, -0.2) is 0 Å². The second-order valence-electron chi connectivity index (χ2n) is 5.95. The van der Waals surface area contributed by atoms with Gasteiger partial charge in [-0.3, -0.25) is 4.90 Å². The van der Waals surface area contributed by atoms with E-state index in [4.69, 9.17) is 17.0 Å². The van der Waals surface area contributed by atoms with Gasteiger partial charge >= 0.3 is 0 Å². The standard InChI is InChI=1S/C15H18BrN3OS/c16-10-3-4-14-13(6-10)17-15(21)19(14)8-12-7-18-5-1-2-11(18)9-20-12/h3-4,6,11-12H,1-2,5,7-9H2,(H,17,21). The fourth-order valence-corrected chi connectivity index (χ4v) is 4.16. The minimum Gasteiger partial charge on any atom is -0.373 e. The Morgan fingerprint density at radius 1 is 1.43 bits per heavy atom. The van der Waals surface area contributed by atoms with E-state index in [-0.39, 0.29) is 6.10 Å². The second kappa shape index (κ2) is 5.50. The molecule has 2 atom stereocenters. The van der Waals surface area contributed by atoms with E-state index in [1.54, 1.807) is 0 Å². The lowest BCUT2D eigenvalue weighted by Gasteiger charge is -2.35. The molecule has 2 fully saturated rings. The number of hydrogen-bond donors (Lipinski definition) is 1. The van der Waals surface area contributed by atoms with Gasteiger partial charge in [0.2, 0.25) is 0 Å². The van der Waals surface area contributed by atoms with Gasteiger partial charge in [-0.15, -0.1) is 0 Å². The van der Waals surface area contributed by atoms with E-state index in [0.717, 1.165) is 40.0 Å². The Kier molecular flexibility index (Phi) is 3.65. The van der Waals surface area contributed by atoms with E-state index in [9.17, 15) is 0 Å². The molecule has 2 saturated heterocycles. The lowest BCUT2D eigenvalue weighted by atomic mass is 10.2. The predicted octanol–water partition coefficient (Wildman–Crippen LogP) is 3.32. The molecule has 0 amide bonds. The Balaban J connectivity index is 1.59. The number of aromatic amines is 1. The molecule has 0 bridgehead atoms. The van der Waals surface area contributed by atoms with Gasteiger partial charge in [0.05, 0.1) is 30.3 Å². The Morgan fingerprint density at radius 3 is 3.24 bits per heavy atom. The van der Waals surface area contributed by atoms with Crippen LogP contribution in [-0.2, 0) is 11.3 Å². The summed E-state index contributed by atoms with van der Waals surface area (Å²) in [5.74, 6) is 0. The summed E-state index contributed by atoms with van der Waals surface area (Å²) >= 11 is 8.98. The highest BCUT2D eigenvalue weighted by Gasteiger charge is 2.32. The van der Waals surface area contributed by atoms with E-state index in [1.807, 2.05) is 0 Å². The number of benzene rings is 1. The minimum absolute atomic E-state index is 0.230. The van der Waals surface area contributed by atoms with Crippen molar-refractivity contribution in [3.63, 3.8) is 0 Å². The van der Waals surface area contributed by atoms with Crippen LogP contribution >= 0.6 is 28.1 Å². The largest absolute Gasteiger partial charge is 0.373 e. The SMILES string of the molecule is S=c1[nH]c2cc(Br)ccc2n1CC1CN2CCCC2CO1. The van der Waals surface area contributed by atoms with Crippen LogP contribution in [0.1, 0.15) is 12.8 Å². The van der Waals surface area contributed by atoms with Crippen molar-refractivity contribution in [3.05, 3.63) is 27.4 Å². The molecule has 2 aromatic rings. The predicted molar refractivity (Wildman–Crippen MR) is 89.2 cm³/mol. The number of ether oxygens (including phenoxy) is 1. The van der Waals surface area contributed by atoms with Gasteiger partial charge in [-0.2, -0.15) is 0 Å². The second-order valence-corrected chi connectivity index (χ2v) is 7.25. The van der Waals surface area contributed by atoms with Gasteiger partial charge in [0.25, 0.3) is 0 Å². The number of rotatable bonds is 2. The van der Waals surface area contributed by atoms with Crippen LogP contribution in [0.15, 0.2) is 22.7 Å². The Labute approximate surface area is 137 Å². The highest BCUT2D eigenvalue weighted by atomic mass is 79.9. The number of nitrogens with zero attached hydrogens (tertiary/aromatic N) is 2. The number of morpholine rings is 1. The first-order chi connectivity index (χ1) is 10.2. The van der Waals surface area contributed by atoms with Crippen LogP contribution < -0.4 is 0 Å². The monoisotopic (exact) mass is 367 g/mol. The molecular weight excluding hydrogens is 350 g/mol. The van der Waals surface area contributed by atoms with Crippen molar-refractivity contribution in [2.75, 3.05) is 19.7 Å². The van der Waals surface area contributed by atoms with Crippen molar-refractivity contribution in [1.82, 2.24) is 14.5 Å². The summed E-state index contributed by atoms with van der Waals surface area (Å²) in [5.41, 5.74) is 2.22. The molecule has 0 aliphatic carbocycles. The molecule has 2 aliphatic heterocycles. The van der Waals surface area contributed by atoms with Crippen molar-refractivity contribution >= 4 is 39.2 Å². The average Bonchev–Trinajstić information content (AvgIpc) is 3.03. The van der Waals surface area contributed by atoms with Gasteiger partial charge in [0, 0.05) is 17.1 Å². The molecule has 2 unspecified atom stereocenters. The molecule has 4 rings (SSSR count). The van der Waals surface area contributed by atoms with Crippen LogP contribution in [0.2, 0.25) is 0 Å². The number of H-pyrrole nitrogens is 1. The zero-order valence-corrected chi connectivity index (χ0v) is 14.1. The molecule has 1 N–H and O–H groups in total. The van der Waals surface area contributed by atoms with Crippen molar-refractivity contribution in [3.8, 4) is 0 Å². The summed E-state index contributed by atoms with van der Waals surface area (Å²) in [4.78, 5) is 5.86. The van der Waals surface area contributed by atoms with Crippen molar-refractivity contribution in [1.29, 1.82) is 0 Å². The van der Waals surface area contributed by atoms with Gasteiger partial charge in [-0.05, 0) is 49.8 Å². The molecule has 2 aliphatic rings. The minimum atomic E-state index is 0.230. The first kappa shape index (κ1) is 13.9. The molecule has 0 radical (unpaired) electrons. The highest BCUT2D eigenvalue weighted by Crippen LogP contribution is 2.25. The van der Waals surface area contributed by atoms with Crippen molar-refractivity contribution in [2.45, 2.75) is 31.5 Å². The summed E-state index contributed by atoms with van der Waals surface area (Å²) in [7, 11) is 0. The normalized spacial score (nSPS) is 26.3. The van der Waals surface area contributed by atoms with Crippen LogP contribution in [-0.4, -0.2) is 46.3 Å². The molecular formula is C15H18BrN3OS. The summed E-state index contributed by atoms with van der Waals surface area (Å²) in [6.45, 7) is 3.93. The number of imidazole rings is 1. The van der Waals surface area contributed by atoms with Gasteiger partial charge in [-0.1, -0.05) is 15.9 Å². The number of halogens is 1. The number of fused-ring (bicyclic) bond motifs is 2. The number of hydrogen-bond acceptors (Lipinski definition) is 3. The highest BCUT2D eigenvalue weighted by molar-refractivity contribution is 9.10. The van der Waals surface area contributed by atoms with Crippen molar-refractivity contribution < 1.29 is 4.74 Å². The molecule has 0 spiro atoms. The number of nitrogens with one attached hydrogen (secondary N) is 1. The summed E-state index contributed by atoms with van der Waals surface area (Å²) < 4.78 is 10.1. The lowest BCUT2D eigenvalue weighted by Crippen LogP contribution is -2.47. The Bertz CT molecular complexity index is 725. The smallest absolute Gasteiger partial charge is 0.178 e. The molecule has 1 aromatic carbocycles. The third-order valence-electron chi connectivity index (χ3n) is 4.58. The fourth-order valence-electron chi connectivity index (χ4n) is 3.52. The molecule has 112 valence electrons. The molecule has 6 heteroatoms. The van der Waals surface area contributed by atoms with E-state index in [0.29, 0.717) is 6.04 Å². The Morgan fingerprint density at radius 2 is 2.33 bits per heavy atom. The van der Waals surface area contributed by atoms with E-state index >= 15 is 0 Å². The van der Waals surface area contributed by atoms with Crippen LogP contribution in [0.3, 0.4) is 0 Å². The third kappa shape index (κ3) is 2.59. The molecule has 21 heavy (non-hydrogen) atoms. The van der Waals surface area contributed by atoms with Gasteiger partial charge in [0.1, 0.15) is 0 Å². The summed E-state index contributed by atoms with van der Waals surface area (Å²) in [5, 5.41) is 0. The maximum Gasteiger partial charge on any atom is 0.178 e. The summed E-state index contributed by atoms with van der Waals surface area (Å²) in [6.07, 6.45) is 2.82. The quantitative estimate of drug-likeness (QED) is 0.826. The first-order valence-corrected chi connectivity index (χ1v) is 8.64. The fraction of sp³-hybridized carbons (Fsp3) is 0.533. The average molecular weight is 368 g/mol. The molecule has 4 nitrogen and oxygen atoms in total. The maximum absolute atomic E-state index is 6.06. The Hall–Kier alpha value is -0.690. The third-order valence-corrected chi connectivity index (χ3v) is 5.40. The first-order valence-electron chi connectivity index (χ1n) is 7.44. The van der Waals surface area contributed by atoms with E-state index < -0.39 is 0 Å². The maximum atomic E-state index is 6.06. The van der Waals surface area contributed by atoms with Crippen LogP contribution in [0.5, 0.6) is 0 Å². The van der Waals surface area contributed by atoms with Gasteiger partial charge in [0.15, 0.2) is 4.77 Å². The van der Waals surface area contributed by atoms with Crippen molar-refractivity contribution in [2.24, 2.45) is 0 Å². The lowest BCUT2D eigenvalue weighted by molar-refractivity contribution is -0.0548. The number of aromatic nitrogens is 2. The summed E-state index contributed by atoms with van der Waals surface area (Å²) in [6, 6.07) is 6.88. The zero-order chi connectivity index (χ0) is 14.4. The van der Waals surface area contributed by atoms with E-state index in [1.165, 1.54) is 19.4 Å². The molecule has 0 saturated carbocycles. The zero-order valence-electron chi connectivity index (χ0n) is 11.7. The van der Waals surface area contributed by atoms with E-state index in [2.05, 4.69) is 48.6 Å². The molecule has 3 heterocycles. The van der Waals surface area contributed by atoms with Crippen LogP contribution in [0.4, 0.5) is 0 Å². The van der Waals surface area contributed by atoms with Crippen LogP contribution in [0.25, 0.3) is 11.0 Å².